The van der Waals surface area contributed by atoms with E-state index in [0.717, 1.165) is 6.42 Å². The second-order valence-electron chi connectivity index (χ2n) is 4.16. The van der Waals surface area contributed by atoms with Crippen LogP contribution in [0.15, 0.2) is 24.3 Å². The molecule has 0 aliphatic rings. The fraction of sp³-hybridized carbons (Fsp3) is 0.538. The molecule has 0 amide bonds. The first kappa shape index (κ1) is 14.7. The van der Waals surface area contributed by atoms with E-state index in [1.54, 1.807) is 24.3 Å². The summed E-state index contributed by atoms with van der Waals surface area (Å²) in [5, 5.41) is 2.73. The van der Waals surface area contributed by atoms with Gasteiger partial charge in [-0.05, 0) is 25.5 Å². The minimum Gasteiger partial charge on any atom is -0.491 e. The van der Waals surface area contributed by atoms with Crippen LogP contribution < -0.4 is 10.1 Å². The van der Waals surface area contributed by atoms with Crippen molar-refractivity contribution in [2.24, 2.45) is 0 Å². The molecule has 1 rings (SSSR count). The summed E-state index contributed by atoms with van der Waals surface area (Å²) in [6.07, 6.45) is -4.00. The summed E-state index contributed by atoms with van der Waals surface area (Å²) in [5.41, 5.74) is 0.639. The minimum absolute atomic E-state index is 0.0930. The third-order valence-corrected chi connectivity index (χ3v) is 2.48. The van der Waals surface area contributed by atoms with E-state index in [1.165, 1.54) is 0 Å². The summed E-state index contributed by atoms with van der Waals surface area (Å²) in [6, 6.07) is 6.98. The van der Waals surface area contributed by atoms with Gasteiger partial charge >= 0.3 is 6.18 Å². The molecule has 0 aliphatic carbocycles. The van der Waals surface area contributed by atoms with E-state index in [-0.39, 0.29) is 12.6 Å². The molecule has 0 aromatic heterocycles. The zero-order valence-corrected chi connectivity index (χ0v) is 10.6. The second-order valence-corrected chi connectivity index (χ2v) is 4.16. The third kappa shape index (κ3) is 5.80. The van der Waals surface area contributed by atoms with Gasteiger partial charge in [-0.3, -0.25) is 0 Å². The van der Waals surface area contributed by atoms with Crippen LogP contribution in [0.5, 0.6) is 5.75 Å². The molecule has 0 radical (unpaired) electrons. The topological polar surface area (TPSA) is 21.3 Å². The summed E-state index contributed by atoms with van der Waals surface area (Å²) in [6.45, 7) is 3.83. The fourth-order valence-electron chi connectivity index (χ4n) is 1.34. The number of rotatable bonds is 6. The molecule has 0 spiro atoms. The van der Waals surface area contributed by atoms with Crippen LogP contribution in [0.1, 0.15) is 26.7 Å². The molecule has 0 aliphatic heterocycles. The second kappa shape index (κ2) is 6.52. The summed E-state index contributed by atoms with van der Waals surface area (Å²) in [4.78, 5) is 0. The van der Waals surface area contributed by atoms with Crippen molar-refractivity contribution in [3.8, 4) is 5.75 Å². The highest BCUT2D eigenvalue weighted by molar-refractivity contribution is 5.48. The van der Waals surface area contributed by atoms with Gasteiger partial charge in [0, 0.05) is 18.3 Å². The number of anilines is 1. The van der Waals surface area contributed by atoms with Crippen LogP contribution in [-0.2, 0) is 0 Å². The van der Waals surface area contributed by atoms with Crippen LogP contribution >= 0.6 is 0 Å². The molecule has 1 aromatic carbocycles. The highest BCUT2D eigenvalue weighted by Crippen LogP contribution is 2.22. The minimum atomic E-state index is -4.13. The van der Waals surface area contributed by atoms with Crippen molar-refractivity contribution in [1.29, 1.82) is 0 Å². The van der Waals surface area contributed by atoms with Crippen LogP contribution in [0.25, 0.3) is 0 Å². The van der Waals surface area contributed by atoms with Gasteiger partial charge in [0.1, 0.15) is 5.75 Å². The van der Waals surface area contributed by atoms with Crippen molar-refractivity contribution >= 4 is 5.69 Å². The Morgan fingerprint density at radius 1 is 1.33 bits per heavy atom. The van der Waals surface area contributed by atoms with Gasteiger partial charge in [-0.25, -0.2) is 0 Å². The maximum Gasteiger partial charge on any atom is 0.390 e. The monoisotopic (exact) mass is 261 g/mol. The van der Waals surface area contributed by atoms with Gasteiger partial charge in [0.2, 0.25) is 0 Å². The Bertz CT molecular complexity index is 365. The molecule has 1 atom stereocenters. The van der Waals surface area contributed by atoms with E-state index < -0.39 is 12.6 Å². The van der Waals surface area contributed by atoms with Gasteiger partial charge in [0.05, 0.1) is 12.5 Å². The van der Waals surface area contributed by atoms with Crippen molar-refractivity contribution in [3.05, 3.63) is 24.3 Å². The van der Waals surface area contributed by atoms with E-state index in [2.05, 4.69) is 5.32 Å². The Kier molecular flexibility index (Phi) is 5.31. The van der Waals surface area contributed by atoms with Gasteiger partial charge < -0.3 is 10.1 Å². The highest BCUT2D eigenvalue weighted by Gasteiger charge is 2.26. The molecule has 18 heavy (non-hydrogen) atoms. The van der Waals surface area contributed by atoms with E-state index in [9.17, 15) is 13.2 Å². The standard InChI is InChI=1S/C13H18F3NO/c1-3-10(2)18-12-6-4-5-11(9-12)17-8-7-13(14,15)16/h4-6,9-10,17H,3,7-8H2,1-2H3. The average molecular weight is 261 g/mol. The van der Waals surface area contributed by atoms with E-state index in [1.807, 2.05) is 13.8 Å². The van der Waals surface area contributed by atoms with Crippen LogP contribution in [0.4, 0.5) is 18.9 Å². The molecule has 2 nitrogen and oxygen atoms in total. The van der Waals surface area contributed by atoms with E-state index >= 15 is 0 Å². The first-order chi connectivity index (χ1) is 8.40. The van der Waals surface area contributed by atoms with Crippen LogP contribution in [-0.4, -0.2) is 18.8 Å². The maximum absolute atomic E-state index is 12.0. The van der Waals surface area contributed by atoms with Crippen LogP contribution in [0, 0.1) is 0 Å². The molecule has 1 unspecified atom stereocenters. The van der Waals surface area contributed by atoms with Crippen LogP contribution in [0.3, 0.4) is 0 Å². The van der Waals surface area contributed by atoms with Gasteiger partial charge in [-0.2, -0.15) is 13.2 Å². The van der Waals surface area contributed by atoms with Crippen molar-refractivity contribution in [2.75, 3.05) is 11.9 Å². The largest absolute Gasteiger partial charge is 0.491 e. The SMILES string of the molecule is CCC(C)Oc1cccc(NCCC(F)(F)F)c1. The van der Waals surface area contributed by atoms with Crippen molar-refractivity contribution in [2.45, 2.75) is 39.0 Å². The predicted octanol–water partition coefficient (Wildman–Crippen LogP) is 4.23. The molecule has 0 saturated heterocycles. The van der Waals surface area contributed by atoms with Gasteiger partial charge in [-0.1, -0.05) is 13.0 Å². The lowest BCUT2D eigenvalue weighted by Crippen LogP contribution is -2.14. The average Bonchev–Trinajstić information content (AvgIpc) is 2.27. The Morgan fingerprint density at radius 2 is 2.06 bits per heavy atom. The molecular formula is C13H18F3NO. The Hall–Kier alpha value is -1.39. The molecule has 0 bridgehead atoms. The van der Waals surface area contributed by atoms with Crippen LogP contribution in [0.2, 0.25) is 0 Å². The Labute approximate surface area is 105 Å². The van der Waals surface area contributed by atoms with E-state index in [0.29, 0.717) is 11.4 Å². The van der Waals surface area contributed by atoms with Crippen molar-refractivity contribution in [3.63, 3.8) is 0 Å². The zero-order valence-electron chi connectivity index (χ0n) is 10.6. The molecule has 102 valence electrons. The first-order valence-corrected chi connectivity index (χ1v) is 5.98. The molecule has 0 saturated carbocycles. The van der Waals surface area contributed by atoms with Gasteiger partial charge in [-0.15, -0.1) is 0 Å². The highest BCUT2D eigenvalue weighted by atomic mass is 19.4. The number of hydrogen-bond donors (Lipinski definition) is 1. The first-order valence-electron chi connectivity index (χ1n) is 5.98. The zero-order chi connectivity index (χ0) is 13.6. The lowest BCUT2D eigenvalue weighted by Gasteiger charge is -2.14. The Morgan fingerprint density at radius 3 is 2.67 bits per heavy atom. The number of ether oxygens (including phenoxy) is 1. The molecule has 0 fully saturated rings. The molecule has 0 heterocycles. The fourth-order valence-corrected chi connectivity index (χ4v) is 1.34. The smallest absolute Gasteiger partial charge is 0.390 e. The van der Waals surface area contributed by atoms with Gasteiger partial charge in [0.15, 0.2) is 0 Å². The number of nitrogens with one attached hydrogen (secondary N) is 1. The molecule has 1 aromatic rings. The summed E-state index contributed by atoms with van der Waals surface area (Å²) < 4.78 is 41.6. The number of benzene rings is 1. The lowest BCUT2D eigenvalue weighted by atomic mass is 10.2. The molecule has 5 heteroatoms. The molecule has 1 N–H and O–H groups in total. The number of halogens is 3. The van der Waals surface area contributed by atoms with E-state index in [4.69, 9.17) is 4.74 Å². The normalized spacial score (nSPS) is 13.2. The summed E-state index contributed by atoms with van der Waals surface area (Å²) in [7, 11) is 0. The van der Waals surface area contributed by atoms with Crippen molar-refractivity contribution in [1.82, 2.24) is 0 Å². The van der Waals surface area contributed by atoms with Crippen molar-refractivity contribution < 1.29 is 17.9 Å². The molecular weight excluding hydrogens is 243 g/mol. The quantitative estimate of drug-likeness (QED) is 0.827. The number of hydrogen-bond acceptors (Lipinski definition) is 2. The maximum atomic E-state index is 12.0. The van der Waals surface area contributed by atoms with Gasteiger partial charge in [0.25, 0.3) is 0 Å². The summed E-state index contributed by atoms with van der Waals surface area (Å²) in [5.74, 6) is 0.668. The summed E-state index contributed by atoms with van der Waals surface area (Å²) >= 11 is 0. The third-order valence-electron chi connectivity index (χ3n) is 2.48. The predicted molar refractivity (Wildman–Crippen MR) is 66.0 cm³/mol. The number of alkyl halides is 3. The lowest BCUT2D eigenvalue weighted by molar-refractivity contribution is -0.131. The Balaban J connectivity index is 2.49.